The summed E-state index contributed by atoms with van der Waals surface area (Å²) >= 11 is 2.30. The summed E-state index contributed by atoms with van der Waals surface area (Å²) in [5, 5.41) is 10.0. The molecule has 0 aromatic heterocycles. The quantitative estimate of drug-likeness (QED) is 0.267. The van der Waals surface area contributed by atoms with Crippen LogP contribution in [0.5, 0.6) is 11.5 Å². The Labute approximate surface area is 217 Å². The van der Waals surface area contributed by atoms with Gasteiger partial charge in [-0.05, 0) is 89.5 Å². The molecule has 1 amide bonds. The molecule has 8 heteroatoms. The summed E-state index contributed by atoms with van der Waals surface area (Å²) in [4.78, 5) is 13.6. The molecular formula is C26H36INO5Si. The van der Waals surface area contributed by atoms with Gasteiger partial charge in [-0.15, -0.1) is 0 Å². The first-order valence-corrected chi connectivity index (χ1v) is 15.7. The van der Waals surface area contributed by atoms with Gasteiger partial charge in [0.15, 0.2) is 8.32 Å². The Morgan fingerprint density at radius 2 is 1.94 bits per heavy atom. The molecule has 2 atom stereocenters. The molecule has 2 aromatic carbocycles. The predicted octanol–water partition coefficient (Wildman–Crippen LogP) is 6.43. The summed E-state index contributed by atoms with van der Waals surface area (Å²) in [6.07, 6.45) is 0.124. The highest BCUT2D eigenvalue weighted by Crippen LogP contribution is 2.37. The molecule has 1 N–H and O–H groups in total. The summed E-state index contributed by atoms with van der Waals surface area (Å²) in [5.74, 6) is 1.60. The second kappa shape index (κ2) is 11.3. The number of rotatable bonds is 9. The van der Waals surface area contributed by atoms with Crippen LogP contribution >= 0.6 is 22.6 Å². The lowest BCUT2D eigenvalue weighted by Gasteiger charge is -2.40. The van der Waals surface area contributed by atoms with E-state index in [0.29, 0.717) is 6.54 Å². The Morgan fingerprint density at radius 1 is 1.24 bits per heavy atom. The molecule has 0 fully saturated rings. The monoisotopic (exact) mass is 597 g/mol. The number of halogens is 1. The number of nitrogens with zero attached hydrogens (tertiary/aromatic N) is 1. The number of aryl methyl sites for hydroxylation is 1. The normalized spacial score (nSPS) is 16.8. The van der Waals surface area contributed by atoms with Gasteiger partial charge in [-0.2, -0.15) is 0 Å². The summed E-state index contributed by atoms with van der Waals surface area (Å²) in [7, 11) is -2.14. The fraction of sp³-hybridized carbons (Fsp3) is 0.500. The number of carbonyl (C=O) groups is 1. The third kappa shape index (κ3) is 7.36. The van der Waals surface area contributed by atoms with Crippen molar-refractivity contribution in [3.05, 3.63) is 57.7 Å². The van der Waals surface area contributed by atoms with Gasteiger partial charge < -0.3 is 23.9 Å². The second-order valence-corrected chi connectivity index (χ2v) is 16.3. The molecule has 0 unspecified atom stereocenters. The number of carboxylic acid groups (broad SMARTS) is 1. The number of benzene rings is 2. The first-order chi connectivity index (χ1) is 15.9. The van der Waals surface area contributed by atoms with Crippen molar-refractivity contribution < 1.29 is 23.8 Å². The minimum absolute atomic E-state index is 0.000243. The summed E-state index contributed by atoms with van der Waals surface area (Å²) in [6.45, 7) is 11.7. The Morgan fingerprint density at radius 3 is 2.59 bits per heavy atom. The van der Waals surface area contributed by atoms with E-state index < -0.39 is 14.4 Å². The molecule has 3 rings (SSSR count). The second-order valence-electron chi connectivity index (χ2n) is 10.3. The summed E-state index contributed by atoms with van der Waals surface area (Å²) in [6, 6.07) is 15.7. The van der Waals surface area contributed by atoms with Gasteiger partial charge in [-0.3, -0.25) is 0 Å². The zero-order valence-electron chi connectivity index (χ0n) is 20.7. The van der Waals surface area contributed by atoms with Gasteiger partial charge in [-0.1, -0.05) is 39.0 Å². The molecule has 1 heterocycles. The van der Waals surface area contributed by atoms with Crippen LogP contribution in [-0.2, 0) is 10.8 Å². The van der Waals surface area contributed by atoms with E-state index in [0.717, 1.165) is 24.3 Å². The average molecular weight is 598 g/mol. The lowest BCUT2D eigenvalue weighted by atomic mass is 10.0. The molecule has 0 saturated carbocycles. The van der Waals surface area contributed by atoms with Crippen molar-refractivity contribution in [2.24, 2.45) is 0 Å². The maximum absolute atomic E-state index is 12.2. The van der Waals surface area contributed by atoms with Gasteiger partial charge >= 0.3 is 6.09 Å². The number of hydrogen-bond donors (Lipinski definition) is 1. The maximum Gasteiger partial charge on any atom is 0.407 e. The number of amides is 1. The molecule has 0 aliphatic carbocycles. The van der Waals surface area contributed by atoms with Gasteiger partial charge in [-0.25, -0.2) is 4.79 Å². The Bertz CT molecular complexity index is 963. The Balaban J connectivity index is 1.71. The smallest absolute Gasteiger partial charge is 0.407 e. The number of fused-ring (bicyclic) bond motifs is 1. The van der Waals surface area contributed by atoms with Crippen LogP contribution < -0.4 is 9.47 Å². The average Bonchev–Trinajstić information content (AvgIpc) is 2.76. The fourth-order valence-corrected chi connectivity index (χ4v) is 5.57. The Kier molecular flexibility index (Phi) is 8.91. The molecular weight excluding hydrogens is 561 g/mol. The van der Waals surface area contributed by atoms with E-state index in [-0.39, 0.29) is 30.4 Å². The Hall–Kier alpha value is -1.78. The van der Waals surface area contributed by atoms with E-state index in [9.17, 15) is 9.90 Å². The third-order valence-electron chi connectivity index (χ3n) is 6.62. The fourth-order valence-electron chi connectivity index (χ4n) is 3.69. The predicted molar refractivity (Wildman–Crippen MR) is 146 cm³/mol. The van der Waals surface area contributed by atoms with Gasteiger partial charge in [0.25, 0.3) is 0 Å². The van der Waals surface area contributed by atoms with Crippen molar-refractivity contribution in [2.75, 3.05) is 19.7 Å². The van der Waals surface area contributed by atoms with E-state index in [1.165, 1.54) is 14.0 Å². The highest BCUT2D eigenvalue weighted by molar-refractivity contribution is 14.1. The van der Waals surface area contributed by atoms with E-state index in [4.69, 9.17) is 13.9 Å². The minimum atomic E-state index is -2.14. The van der Waals surface area contributed by atoms with Gasteiger partial charge in [0.05, 0.1) is 19.2 Å². The van der Waals surface area contributed by atoms with Crippen LogP contribution in [0.25, 0.3) is 0 Å². The van der Waals surface area contributed by atoms with Crippen LogP contribution in [0.2, 0.25) is 18.1 Å². The highest BCUT2D eigenvalue weighted by atomic mass is 127. The first kappa shape index (κ1) is 26.8. The molecule has 34 heavy (non-hydrogen) atoms. The molecule has 6 nitrogen and oxygen atoms in total. The molecule has 1 aliphatic heterocycles. The lowest BCUT2D eigenvalue weighted by molar-refractivity contribution is 0.0512. The molecule has 186 valence electrons. The van der Waals surface area contributed by atoms with Gasteiger partial charge in [0, 0.05) is 3.57 Å². The standard InChI is InChI=1S/C26H36INO5Si/c1-26(2,3)34(4,5)33-23(18-31-21-9-7-6-8-10-21)17-28(25(29)30)16-22-13-11-19-15-20(27)12-14-24(19)32-22/h6-10,12,14-15,22-23H,11,13,16-18H2,1-5H3,(H,29,30)/t22-,23+/m1/s1. The number of para-hydroxylation sites is 1. The SMILES string of the molecule is CC(C)(C)[Si](C)(C)O[C@H](COc1ccccc1)CN(C[C@H]1CCc2cc(I)ccc2O1)C(=O)O. The van der Waals surface area contributed by atoms with Crippen LogP contribution in [0.3, 0.4) is 0 Å². The maximum atomic E-state index is 12.2. The zero-order chi connectivity index (χ0) is 24.9. The molecule has 0 spiro atoms. The van der Waals surface area contributed by atoms with E-state index >= 15 is 0 Å². The molecule has 0 saturated heterocycles. The van der Waals surface area contributed by atoms with Crippen LogP contribution in [0.1, 0.15) is 32.8 Å². The van der Waals surface area contributed by atoms with Crippen molar-refractivity contribution >= 4 is 37.0 Å². The van der Waals surface area contributed by atoms with Crippen molar-refractivity contribution in [3.63, 3.8) is 0 Å². The van der Waals surface area contributed by atoms with E-state index in [1.54, 1.807) is 0 Å². The molecule has 2 aromatic rings. The highest BCUT2D eigenvalue weighted by Gasteiger charge is 2.40. The number of hydrogen-bond acceptors (Lipinski definition) is 4. The summed E-state index contributed by atoms with van der Waals surface area (Å²) in [5.41, 5.74) is 1.18. The van der Waals surface area contributed by atoms with Crippen molar-refractivity contribution in [1.82, 2.24) is 4.90 Å². The topological polar surface area (TPSA) is 68.2 Å². The third-order valence-corrected chi connectivity index (χ3v) is 11.8. The van der Waals surface area contributed by atoms with Crippen LogP contribution in [0.15, 0.2) is 48.5 Å². The molecule has 0 bridgehead atoms. The minimum Gasteiger partial charge on any atom is -0.491 e. The largest absolute Gasteiger partial charge is 0.491 e. The number of ether oxygens (including phenoxy) is 2. The first-order valence-electron chi connectivity index (χ1n) is 11.7. The van der Waals surface area contributed by atoms with Gasteiger partial charge in [0.2, 0.25) is 0 Å². The van der Waals surface area contributed by atoms with Crippen LogP contribution in [-0.4, -0.2) is 56.3 Å². The lowest BCUT2D eigenvalue weighted by Crippen LogP contribution is -2.51. The molecule has 1 aliphatic rings. The van der Waals surface area contributed by atoms with Crippen LogP contribution in [0, 0.1) is 3.57 Å². The molecule has 0 radical (unpaired) electrons. The van der Waals surface area contributed by atoms with Crippen molar-refractivity contribution in [2.45, 2.75) is 64.0 Å². The van der Waals surface area contributed by atoms with E-state index in [1.807, 2.05) is 42.5 Å². The zero-order valence-corrected chi connectivity index (χ0v) is 23.9. The van der Waals surface area contributed by atoms with Crippen molar-refractivity contribution in [3.8, 4) is 11.5 Å². The van der Waals surface area contributed by atoms with Crippen LogP contribution in [0.4, 0.5) is 4.79 Å². The summed E-state index contributed by atoms with van der Waals surface area (Å²) < 4.78 is 20.0. The van der Waals surface area contributed by atoms with E-state index in [2.05, 4.69) is 62.5 Å². The van der Waals surface area contributed by atoms with Crippen molar-refractivity contribution in [1.29, 1.82) is 0 Å². The van der Waals surface area contributed by atoms with Gasteiger partial charge in [0.1, 0.15) is 24.2 Å².